The molecule has 0 saturated carbocycles. The van der Waals surface area contributed by atoms with Gasteiger partial charge in [-0.3, -0.25) is 0 Å². The summed E-state index contributed by atoms with van der Waals surface area (Å²) >= 11 is 0. The number of nitrogens with one attached hydrogen (secondary N) is 1. The van der Waals surface area contributed by atoms with Crippen molar-refractivity contribution in [2.45, 2.75) is 25.0 Å². The normalized spacial score (nSPS) is 16.5. The van der Waals surface area contributed by atoms with Crippen LogP contribution in [0.1, 0.15) is 24.0 Å². The van der Waals surface area contributed by atoms with Gasteiger partial charge >= 0.3 is 0 Å². The van der Waals surface area contributed by atoms with Gasteiger partial charge in [-0.15, -0.1) is 0 Å². The van der Waals surface area contributed by atoms with Gasteiger partial charge in [0.1, 0.15) is 5.82 Å². The summed E-state index contributed by atoms with van der Waals surface area (Å²) in [6.07, 6.45) is 3.07. The van der Waals surface area contributed by atoms with Crippen LogP contribution in [0.3, 0.4) is 0 Å². The number of piperidine rings is 1. The van der Waals surface area contributed by atoms with Crippen LogP contribution in [0, 0.1) is 11.7 Å². The van der Waals surface area contributed by atoms with E-state index in [2.05, 4.69) is 33.9 Å². The molecule has 2 aromatic rings. The Morgan fingerprint density at radius 2 is 1.63 bits per heavy atom. The first kappa shape index (κ1) is 20.0. The molecule has 1 aliphatic heterocycles. The van der Waals surface area contributed by atoms with Crippen molar-refractivity contribution in [1.29, 1.82) is 0 Å². The minimum Gasteiger partial charge on any atom is -0.303 e. The Bertz CT molecular complexity index is 802. The maximum absolute atomic E-state index is 12.9. The summed E-state index contributed by atoms with van der Waals surface area (Å²) in [6.45, 7) is 3.55. The smallest absolute Gasteiger partial charge is 0.215 e. The van der Waals surface area contributed by atoms with E-state index in [4.69, 9.17) is 0 Å². The average molecular weight is 391 g/mol. The zero-order valence-corrected chi connectivity index (χ0v) is 16.3. The van der Waals surface area contributed by atoms with Crippen LogP contribution < -0.4 is 4.72 Å². The maximum atomic E-state index is 12.9. The molecule has 146 valence electrons. The molecular weight excluding hydrogens is 363 g/mol. The lowest BCUT2D eigenvalue weighted by atomic mass is 9.97. The highest BCUT2D eigenvalue weighted by molar-refractivity contribution is 7.88. The van der Waals surface area contributed by atoms with Crippen LogP contribution in [-0.2, 0) is 22.2 Å². The number of rotatable bonds is 8. The number of halogens is 1. The van der Waals surface area contributed by atoms with Crippen molar-refractivity contribution >= 4 is 10.0 Å². The molecule has 6 heteroatoms. The third kappa shape index (κ3) is 6.72. The van der Waals surface area contributed by atoms with Gasteiger partial charge in [0.05, 0.1) is 5.75 Å². The van der Waals surface area contributed by atoms with E-state index < -0.39 is 10.0 Å². The number of nitrogens with zero attached hydrogens (tertiary/aromatic N) is 1. The first-order chi connectivity index (χ1) is 13.0. The fourth-order valence-electron chi connectivity index (χ4n) is 3.44. The Labute approximate surface area is 161 Å². The maximum Gasteiger partial charge on any atom is 0.215 e. The molecule has 1 fully saturated rings. The Kier molecular flexibility index (Phi) is 6.99. The summed E-state index contributed by atoms with van der Waals surface area (Å²) in [6, 6.07) is 16.1. The molecule has 1 aliphatic rings. The van der Waals surface area contributed by atoms with E-state index in [1.165, 1.54) is 29.8 Å². The molecule has 2 aromatic carbocycles. The van der Waals surface area contributed by atoms with Crippen LogP contribution in [0.4, 0.5) is 4.39 Å². The van der Waals surface area contributed by atoms with Crippen LogP contribution in [0.15, 0.2) is 54.6 Å². The minimum absolute atomic E-state index is 0.108. The zero-order chi connectivity index (χ0) is 19.1. The van der Waals surface area contributed by atoms with Gasteiger partial charge in [0, 0.05) is 13.1 Å². The molecule has 0 radical (unpaired) electrons. The van der Waals surface area contributed by atoms with Crippen molar-refractivity contribution in [3.8, 4) is 0 Å². The van der Waals surface area contributed by atoms with E-state index in [-0.39, 0.29) is 11.6 Å². The molecule has 0 aromatic heterocycles. The summed E-state index contributed by atoms with van der Waals surface area (Å²) in [5.74, 6) is -0.0903. The Hall–Kier alpha value is -1.76. The molecule has 0 spiro atoms. The third-order valence-electron chi connectivity index (χ3n) is 5.13. The molecule has 0 unspecified atom stereocenters. The van der Waals surface area contributed by atoms with Gasteiger partial charge in [0.15, 0.2) is 0 Å². The minimum atomic E-state index is -3.39. The second-order valence-corrected chi connectivity index (χ2v) is 9.06. The van der Waals surface area contributed by atoms with Crippen LogP contribution in [0.25, 0.3) is 0 Å². The lowest BCUT2D eigenvalue weighted by Crippen LogP contribution is -2.39. The van der Waals surface area contributed by atoms with Crippen molar-refractivity contribution < 1.29 is 12.8 Å². The first-order valence-electron chi connectivity index (χ1n) is 9.48. The Balaban J connectivity index is 1.38. The van der Waals surface area contributed by atoms with Crippen LogP contribution in [-0.4, -0.2) is 39.5 Å². The number of hydrogen-bond acceptors (Lipinski definition) is 3. The van der Waals surface area contributed by atoms with Gasteiger partial charge in [0.25, 0.3) is 0 Å². The molecule has 1 heterocycles. The van der Waals surface area contributed by atoms with Crippen LogP contribution in [0.2, 0.25) is 0 Å². The fraction of sp³-hybridized carbons (Fsp3) is 0.429. The summed E-state index contributed by atoms with van der Waals surface area (Å²) in [4.78, 5) is 2.45. The van der Waals surface area contributed by atoms with Gasteiger partial charge in [0.2, 0.25) is 10.0 Å². The van der Waals surface area contributed by atoms with E-state index in [0.29, 0.717) is 18.0 Å². The predicted octanol–water partition coefficient (Wildman–Crippen LogP) is 3.20. The number of benzene rings is 2. The Morgan fingerprint density at radius 1 is 0.963 bits per heavy atom. The van der Waals surface area contributed by atoms with E-state index in [9.17, 15) is 12.8 Å². The Morgan fingerprint density at radius 3 is 2.30 bits per heavy atom. The summed E-state index contributed by atoms with van der Waals surface area (Å²) in [7, 11) is -3.39. The highest BCUT2D eigenvalue weighted by Crippen LogP contribution is 2.17. The number of likely N-dealkylation sites (tertiary alicyclic amines) is 1. The largest absolute Gasteiger partial charge is 0.303 e. The molecular formula is C21H27FN2O2S. The van der Waals surface area contributed by atoms with E-state index >= 15 is 0 Å². The monoisotopic (exact) mass is 390 g/mol. The zero-order valence-electron chi connectivity index (χ0n) is 15.5. The van der Waals surface area contributed by atoms with Gasteiger partial charge in [-0.1, -0.05) is 42.5 Å². The van der Waals surface area contributed by atoms with E-state index in [1.807, 2.05) is 6.07 Å². The fourth-order valence-corrected chi connectivity index (χ4v) is 4.66. The average Bonchev–Trinajstić information content (AvgIpc) is 2.68. The quantitative estimate of drug-likeness (QED) is 0.753. The van der Waals surface area contributed by atoms with Crippen molar-refractivity contribution in [2.75, 3.05) is 26.2 Å². The molecule has 0 amide bonds. The lowest BCUT2D eigenvalue weighted by Gasteiger charge is -2.32. The number of sulfonamides is 1. The molecule has 1 N–H and O–H groups in total. The van der Waals surface area contributed by atoms with Gasteiger partial charge in [-0.05, 0) is 61.5 Å². The highest BCUT2D eigenvalue weighted by atomic mass is 32.2. The molecule has 1 saturated heterocycles. The van der Waals surface area contributed by atoms with E-state index in [0.717, 1.165) is 38.9 Å². The predicted molar refractivity (Wildman–Crippen MR) is 106 cm³/mol. The van der Waals surface area contributed by atoms with E-state index in [1.54, 1.807) is 0 Å². The molecule has 3 rings (SSSR count). The third-order valence-corrected chi connectivity index (χ3v) is 6.45. The van der Waals surface area contributed by atoms with Crippen LogP contribution in [0.5, 0.6) is 0 Å². The van der Waals surface area contributed by atoms with Crippen LogP contribution >= 0.6 is 0 Å². The molecule has 0 atom stereocenters. The van der Waals surface area contributed by atoms with Gasteiger partial charge < -0.3 is 4.90 Å². The molecule has 27 heavy (non-hydrogen) atoms. The van der Waals surface area contributed by atoms with Crippen molar-refractivity contribution in [3.05, 3.63) is 71.5 Å². The van der Waals surface area contributed by atoms with Crippen molar-refractivity contribution in [2.24, 2.45) is 5.92 Å². The van der Waals surface area contributed by atoms with Gasteiger partial charge in [-0.2, -0.15) is 0 Å². The molecule has 4 nitrogen and oxygen atoms in total. The van der Waals surface area contributed by atoms with Crippen molar-refractivity contribution in [1.82, 2.24) is 9.62 Å². The summed E-state index contributed by atoms with van der Waals surface area (Å²) in [5, 5.41) is 0. The standard InChI is InChI=1S/C21H27FN2O2S/c22-21-8-6-20(7-9-21)17-27(25,26)23-16-19-11-14-24(15-12-19)13-10-18-4-2-1-3-5-18/h1-9,19,23H,10-17H2. The summed E-state index contributed by atoms with van der Waals surface area (Å²) in [5.41, 5.74) is 1.95. The lowest BCUT2D eigenvalue weighted by molar-refractivity contribution is 0.187. The highest BCUT2D eigenvalue weighted by Gasteiger charge is 2.21. The molecule has 0 aliphatic carbocycles. The van der Waals surface area contributed by atoms with Crippen molar-refractivity contribution in [3.63, 3.8) is 0 Å². The van der Waals surface area contributed by atoms with Gasteiger partial charge in [-0.25, -0.2) is 17.5 Å². The topological polar surface area (TPSA) is 49.4 Å². The second kappa shape index (κ2) is 9.44. The summed E-state index contributed by atoms with van der Waals surface area (Å²) < 4.78 is 40.1. The first-order valence-corrected chi connectivity index (χ1v) is 11.1. The molecule has 0 bridgehead atoms. The second-order valence-electron chi connectivity index (χ2n) is 7.25. The SMILES string of the molecule is O=S(=O)(Cc1ccc(F)cc1)NCC1CCN(CCc2ccccc2)CC1. The number of hydrogen-bond donors (Lipinski definition) is 1.